The Bertz CT molecular complexity index is 653. The molecule has 0 atom stereocenters. The first-order chi connectivity index (χ1) is 9.24. The lowest BCUT2D eigenvalue weighted by Gasteiger charge is -2.14. The Morgan fingerprint density at radius 1 is 1.26 bits per heavy atom. The van der Waals surface area contributed by atoms with Crippen LogP contribution in [-0.4, -0.2) is 9.78 Å². The van der Waals surface area contributed by atoms with Gasteiger partial charge >= 0.3 is 0 Å². The van der Waals surface area contributed by atoms with E-state index in [1.165, 1.54) is 0 Å². The number of fused-ring (bicyclic) bond motifs is 1. The van der Waals surface area contributed by atoms with Crippen LogP contribution in [0.4, 0.5) is 23.0 Å². The zero-order valence-corrected chi connectivity index (χ0v) is 10.5. The predicted molar refractivity (Wildman–Crippen MR) is 74.6 cm³/mol. The second-order valence-electron chi connectivity index (χ2n) is 4.31. The smallest absolute Gasteiger partial charge is 0.175 e. The van der Waals surface area contributed by atoms with Gasteiger partial charge in [0.25, 0.3) is 0 Å². The lowest BCUT2D eigenvalue weighted by atomic mass is 10.3. The zero-order chi connectivity index (χ0) is 13.2. The minimum Gasteiger partial charge on any atom is -0.380 e. The summed E-state index contributed by atoms with van der Waals surface area (Å²) in [7, 11) is 0. The molecule has 0 fully saturated rings. The maximum absolute atomic E-state index is 5.88. The molecule has 6 heteroatoms. The van der Waals surface area contributed by atoms with Gasteiger partial charge in [0.15, 0.2) is 17.3 Å². The molecule has 0 bridgehead atoms. The number of rotatable bonds is 2. The van der Waals surface area contributed by atoms with E-state index in [0.717, 1.165) is 17.2 Å². The Morgan fingerprint density at radius 3 is 2.84 bits per heavy atom. The molecule has 1 aromatic heterocycles. The molecule has 1 aromatic carbocycles. The summed E-state index contributed by atoms with van der Waals surface area (Å²) in [6.45, 7) is 2.68. The second-order valence-corrected chi connectivity index (χ2v) is 4.31. The highest BCUT2D eigenvalue weighted by molar-refractivity contribution is 5.75. The van der Waals surface area contributed by atoms with Gasteiger partial charge < -0.3 is 11.1 Å². The van der Waals surface area contributed by atoms with E-state index in [2.05, 4.69) is 20.6 Å². The maximum atomic E-state index is 5.88. The predicted octanol–water partition coefficient (Wildman–Crippen LogP) is 3.21. The first-order valence-electron chi connectivity index (χ1n) is 6.01. The van der Waals surface area contributed by atoms with E-state index < -0.39 is 0 Å². The van der Waals surface area contributed by atoms with E-state index in [9.17, 15) is 0 Å². The molecule has 1 aliphatic heterocycles. The summed E-state index contributed by atoms with van der Waals surface area (Å²) in [4.78, 5) is 0. The third kappa shape index (κ3) is 2.20. The number of nitrogen functional groups attached to an aromatic ring is 1. The number of allylic oxidation sites excluding steroid dienone is 2. The average molecular weight is 254 g/mol. The van der Waals surface area contributed by atoms with Gasteiger partial charge in [-0.25, -0.2) is 4.68 Å². The van der Waals surface area contributed by atoms with Crippen molar-refractivity contribution >= 4 is 23.0 Å². The molecule has 2 heterocycles. The van der Waals surface area contributed by atoms with Gasteiger partial charge in [-0.2, -0.15) is 10.2 Å². The molecule has 3 N–H and O–H groups in total. The van der Waals surface area contributed by atoms with Crippen molar-refractivity contribution in [2.45, 2.75) is 13.5 Å². The van der Waals surface area contributed by atoms with Gasteiger partial charge in [-0.05, 0) is 25.1 Å². The largest absolute Gasteiger partial charge is 0.380 e. The highest BCUT2D eigenvalue weighted by atomic mass is 15.4. The van der Waals surface area contributed by atoms with Crippen molar-refractivity contribution in [2.24, 2.45) is 10.2 Å². The number of aromatic nitrogens is 2. The summed E-state index contributed by atoms with van der Waals surface area (Å²) >= 11 is 0. The van der Waals surface area contributed by atoms with Gasteiger partial charge in [-0.3, -0.25) is 0 Å². The molecule has 96 valence electrons. The van der Waals surface area contributed by atoms with Gasteiger partial charge in [0.2, 0.25) is 0 Å². The third-order valence-electron chi connectivity index (χ3n) is 2.86. The molecular weight excluding hydrogens is 240 g/mol. The minimum atomic E-state index is 0.380. The SMILES string of the molecule is CC1=CCn2nc(N)c(N=Nc3ccccc3)c2N1. The average Bonchev–Trinajstić information content (AvgIpc) is 2.73. The Kier molecular flexibility index (Phi) is 2.75. The van der Waals surface area contributed by atoms with Gasteiger partial charge in [-0.1, -0.05) is 18.2 Å². The summed E-state index contributed by atoms with van der Waals surface area (Å²) in [5.74, 6) is 1.17. The second kappa shape index (κ2) is 4.56. The quantitative estimate of drug-likeness (QED) is 0.807. The van der Waals surface area contributed by atoms with Gasteiger partial charge in [0, 0.05) is 5.70 Å². The van der Waals surface area contributed by atoms with E-state index in [-0.39, 0.29) is 0 Å². The monoisotopic (exact) mass is 254 g/mol. The normalized spacial score (nSPS) is 14.1. The maximum Gasteiger partial charge on any atom is 0.175 e. The minimum absolute atomic E-state index is 0.380. The lowest BCUT2D eigenvalue weighted by Crippen LogP contribution is -2.11. The number of nitrogens with zero attached hydrogens (tertiary/aromatic N) is 4. The fourth-order valence-electron chi connectivity index (χ4n) is 1.89. The van der Waals surface area contributed by atoms with E-state index in [0.29, 0.717) is 18.1 Å². The molecule has 2 aromatic rings. The molecule has 0 saturated heterocycles. The number of anilines is 2. The first kappa shape index (κ1) is 11.5. The summed E-state index contributed by atoms with van der Waals surface area (Å²) in [5.41, 5.74) is 8.30. The lowest BCUT2D eigenvalue weighted by molar-refractivity contribution is 0.697. The third-order valence-corrected chi connectivity index (χ3v) is 2.86. The summed E-state index contributed by atoms with van der Waals surface area (Å²) in [6, 6.07) is 9.53. The van der Waals surface area contributed by atoms with Crippen LogP contribution in [0.5, 0.6) is 0 Å². The molecule has 0 unspecified atom stereocenters. The van der Waals surface area contributed by atoms with Crippen LogP contribution >= 0.6 is 0 Å². The molecular formula is C13H14N6. The van der Waals surface area contributed by atoms with Crippen LogP contribution in [0.2, 0.25) is 0 Å². The van der Waals surface area contributed by atoms with E-state index in [1.54, 1.807) is 4.68 Å². The molecule has 0 amide bonds. The molecule has 6 nitrogen and oxygen atoms in total. The fourth-order valence-corrected chi connectivity index (χ4v) is 1.89. The number of benzene rings is 1. The number of hydrogen-bond donors (Lipinski definition) is 2. The summed E-state index contributed by atoms with van der Waals surface area (Å²) in [5, 5.41) is 15.8. The van der Waals surface area contributed by atoms with Crippen LogP contribution in [0.3, 0.4) is 0 Å². The molecule has 0 spiro atoms. The molecule has 19 heavy (non-hydrogen) atoms. The molecule has 1 aliphatic rings. The van der Waals surface area contributed by atoms with Crippen molar-refractivity contribution in [1.29, 1.82) is 0 Å². The van der Waals surface area contributed by atoms with E-state index >= 15 is 0 Å². The molecule has 3 rings (SSSR count). The van der Waals surface area contributed by atoms with Crippen LogP contribution < -0.4 is 11.1 Å². The van der Waals surface area contributed by atoms with E-state index in [4.69, 9.17) is 5.73 Å². The number of azo groups is 1. The van der Waals surface area contributed by atoms with Crippen LogP contribution in [-0.2, 0) is 6.54 Å². The Labute approximate surface area is 110 Å². The zero-order valence-electron chi connectivity index (χ0n) is 10.5. The van der Waals surface area contributed by atoms with Crippen molar-refractivity contribution in [3.63, 3.8) is 0 Å². The molecule has 0 aliphatic carbocycles. The number of nitrogens with two attached hydrogens (primary N) is 1. The van der Waals surface area contributed by atoms with Crippen molar-refractivity contribution in [3.05, 3.63) is 42.1 Å². The Hall–Kier alpha value is -2.63. The van der Waals surface area contributed by atoms with Gasteiger partial charge in [0.1, 0.15) is 0 Å². The Balaban J connectivity index is 1.94. The topological polar surface area (TPSA) is 80.6 Å². The van der Waals surface area contributed by atoms with Gasteiger partial charge in [-0.15, -0.1) is 5.11 Å². The van der Waals surface area contributed by atoms with Crippen molar-refractivity contribution in [2.75, 3.05) is 11.1 Å². The standard InChI is InChI=1S/C13H14N6/c1-9-7-8-19-13(15-9)11(12(14)18-19)17-16-10-5-3-2-4-6-10/h2-7,15H,8H2,1H3,(H2,14,18). The number of nitrogens with one attached hydrogen (secondary N) is 1. The van der Waals surface area contributed by atoms with Crippen molar-refractivity contribution < 1.29 is 0 Å². The van der Waals surface area contributed by atoms with Crippen molar-refractivity contribution in [1.82, 2.24) is 9.78 Å². The van der Waals surface area contributed by atoms with Crippen LogP contribution in [0.1, 0.15) is 6.92 Å². The first-order valence-corrected chi connectivity index (χ1v) is 6.01. The van der Waals surface area contributed by atoms with Crippen molar-refractivity contribution in [3.8, 4) is 0 Å². The molecule has 0 saturated carbocycles. The van der Waals surface area contributed by atoms with Crippen LogP contribution in [0.15, 0.2) is 52.3 Å². The highest BCUT2D eigenvalue weighted by Crippen LogP contribution is 2.35. The summed E-state index contributed by atoms with van der Waals surface area (Å²) < 4.78 is 1.78. The van der Waals surface area contributed by atoms with Crippen LogP contribution in [0.25, 0.3) is 0 Å². The fraction of sp³-hybridized carbons (Fsp3) is 0.154. The Morgan fingerprint density at radius 2 is 2.05 bits per heavy atom. The highest BCUT2D eigenvalue weighted by Gasteiger charge is 2.18. The van der Waals surface area contributed by atoms with Gasteiger partial charge in [0.05, 0.1) is 12.2 Å². The van der Waals surface area contributed by atoms with Crippen LogP contribution in [0, 0.1) is 0 Å². The summed E-state index contributed by atoms with van der Waals surface area (Å²) in [6.07, 6.45) is 2.04. The number of hydrogen-bond acceptors (Lipinski definition) is 5. The molecule has 0 radical (unpaired) electrons. The van der Waals surface area contributed by atoms with E-state index in [1.807, 2.05) is 43.3 Å².